The van der Waals surface area contributed by atoms with Crippen LogP contribution in [0.5, 0.6) is 11.5 Å². The number of carboxylic acid groups (broad SMARTS) is 1. The van der Waals surface area contributed by atoms with Crippen molar-refractivity contribution in [2.24, 2.45) is 0 Å². The lowest BCUT2D eigenvalue weighted by atomic mass is 10.1. The number of hydrogen-bond acceptors (Lipinski definition) is 4. The number of para-hydroxylation sites is 1. The Kier molecular flexibility index (Phi) is 2.20. The summed E-state index contributed by atoms with van der Waals surface area (Å²) in [5.74, 6) is -2.32. The molecule has 16 heavy (non-hydrogen) atoms. The molecule has 1 aromatic rings. The molecular formula is C9H6F2O5. The minimum atomic E-state index is -3.84. The van der Waals surface area contributed by atoms with Gasteiger partial charge in [-0.2, -0.15) is 0 Å². The fraction of sp³-hybridized carbons (Fsp3) is 0.222. The van der Waals surface area contributed by atoms with Crippen LogP contribution < -0.4 is 9.47 Å². The van der Waals surface area contributed by atoms with Crippen molar-refractivity contribution in [1.82, 2.24) is 0 Å². The van der Waals surface area contributed by atoms with E-state index in [-0.39, 0.29) is 11.3 Å². The molecule has 2 rings (SSSR count). The minimum Gasteiger partial charge on any atom is -0.479 e. The molecule has 0 radical (unpaired) electrons. The van der Waals surface area contributed by atoms with Crippen LogP contribution in [0.15, 0.2) is 18.2 Å². The normalized spacial score (nSPS) is 18.2. The zero-order valence-electron chi connectivity index (χ0n) is 7.68. The number of hydrogen-bond donors (Lipinski definition) is 2. The molecule has 7 heteroatoms. The standard InChI is InChI=1S/C9H6F2O5/c10-9(11)15-5-3-1-2-4(7(5)16-9)6(12)8(13)14/h1-3,6,12H,(H,13,14). The van der Waals surface area contributed by atoms with Crippen LogP contribution in [-0.2, 0) is 4.79 Å². The molecule has 1 aliphatic heterocycles. The van der Waals surface area contributed by atoms with Crippen LogP contribution in [0.25, 0.3) is 0 Å². The van der Waals surface area contributed by atoms with E-state index in [9.17, 15) is 18.7 Å². The van der Waals surface area contributed by atoms with Crippen molar-refractivity contribution in [2.45, 2.75) is 12.4 Å². The average Bonchev–Trinajstić information content (AvgIpc) is 2.49. The van der Waals surface area contributed by atoms with E-state index in [4.69, 9.17) is 5.11 Å². The van der Waals surface area contributed by atoms with E-state index in [1.54, 1.807) is 0 Å². The predicted octanol–water partition coefficient (Wildman–Crippen LogP) is 1.13. The summed E-state index contributed by atoms with van der Waals surface area (Å²) < 4.78 is 33.6. The van der Waals surface area contributed by atoms with Crippen LogP contribution in [0.4, 0.5) is 8.78 Å². The van der Waals surface area contributed by atoms with E-state index < -0.39 is 24.1 Å². The Morgan fingerprint density at radius 2 is 2.06 bits per heavy atom. The van der Waals surface area contributed by atoms with Gasteiger partial charge in [0.25, 0.3) is 0 Å². The molecule has 0 fully saturated rings. The summed E-state index contributed by atoms with van der Waals surface area (Å²) in [6, 6.07) is 3.64. The second-order valence-corrected chi connectivity index (χ2v) is 3.08. The summed E-state index contributed by atoms with van der Waals surface area (Å²) in [6.45, 7) is 0. The number of aliphatic hydroxyl groups excluding tert-OH is 1. The highest BCUT2D eigenvalue weighted by atomic mass is 19.3. The van der Waals surface area contributed by atoms with Gasteiger partial charge in [0, 0.05) is 5.56 Å². The van der Waals surface area contributed by atoms with Crippen molar-refractivity contribution in [1.29, 1.82) is 0 Å². The number of benzene rings is 1. The quantitative estimate of drug-likeness (QED) is 0.799. The Labute approximate surface area is 87.8 Å². The molecule has 1 atom stereocenters. The lowest BCUT2D eigenvalue weighted by Crippen LogP contribution is -2.26. The average molecular weight is 232 g/mol. The Balaban J connectivity index is 2.45. The van der Waals surface area contributed by atoms with Crippen LogP contribution in [0, 0.1) is 0 Å². The highest BCUT2D eigenvalue weighted by molar-refractivity contribution is 5.76. The van der Waals surface area contributed by atoms with Gasteiger partial charge in [0.1, 0.15) is 0 Å². The number of carbonyl (C=O) groups is 1. The lowest BCUT2D eigenvalue weighted by Gasteiger charge is -2.09. The fourth-order valence-electron chi connectivity index (χ4n) is 1.34. The Hall–Kier alpha value is -1.89. The first-order chi connectivity index (χ1) is 7.41. The van der Waals surface area contributed by atoms with E-state index in [0.717, 1.165) is 0 Å². The summed E-state index contributed by atoms with van der Waals surface area (Å²) in [6.07, 6.45) is -5.77. The number of halogens is 2. The molecule has 2 N–H and O–H groups in total. The number of rotatable bonds is 2. The van der Waals surface area contributed by atoms with Gasteiger partial charge in [0.2, 0.25) is 0 Å². The molecule has 1 unspecified atom stereocenters. The number of carboxylic acids is 1. The molecule has 1 heterocycles. The predicted molar refractivity (Wildman–Crippen MR) is 45.2 cm³/mol. The largest absolute Gasteiger partial charge is 0.586 e. The van der Waals surface area contributed by atoms with Gasteiger partial charge in [-0.1, -0.05) is 12.1 Å². The van der Waals surface area contributed by atoms with E-state index in [1.807, 2.05) is 0 Å². The second-order valence-electron chi connectivity index (χ2n) is 3.08. The monoisotopic (exact) mass is 232 g/mol. The van der Waals surface area contributed by atoms with Crippen molar-refractivity contribution in [3.05, 3.63) is 23.8 Å². The van der Waals surface area contributed by atoms with E-state index in [2.05, 4.69) is 9.47 Å². The van der Waals surface area contributed by atoms with Gasteiger partial charge < -0.3 is 19.7 Å². The summed E-state index contributed by atoms with van der Waals surface area (Å²) >= 11 is 0. The van der Waals surface area contributed by atoms with Crippen LogP contribution in [0.2, 0.25) is 0 Å². The lowest BCUT2D eigenvalue weighted by molar-refractivity contribution is -0.287. The highest BCUT2D eigenvalue weighted by Crippen LogP contribution is 2.44. The third-order valence-corrected chi connectivity index (χ3v) is 1.99. The zero-order chi connectivity index (χ0) is 11.9. The molecular weight excluding hydrogens is 226 g/mol. The molecule has 0 amide bonds. The molecule has 0 saturated carbocycles. The molecule has 1 aromatic carbocycles. The minimum absolute atomic E-state index is 0.276. The van der Waals surface area contributed by atoms with E-state index in [1.165, 1.54) is 18.2 Å². The number of fused-ring (bicyclic) bond motifs is 1. The Morgan fingerprint density at radius 1 is 1.38 bits per heavy atom. The Bertz CT molecular complexity index is 446. The van der Waals surface area contributed by atoms with Crippen LogP contribution in [0.1, 0.15) is 11.7 Å². The molecule has 5 nitrogen and oxygen atoms in total. The first-order valence-electron chi connectivity index (χ1n) is 4.20. The summed E-state index contributed by atoms with van der Waals surface area (Å²) in [4.78, 5) is 10.5. The van der Waals surface area contributed by atoms with Crippen molar-refractivity contribution < 1.29 is 33.3 Å². The number of ether oxygens (including phenoxy) is 2. The topological polar surface area (TPSA) is 76.0 Å². The highest BCUT2D eigenvalue weighted by Gasteiger charge is 2.45. The van der Waals surface area contributed by atoms with Gasteiger partial charge >= 0.3 is 12.3 Å². The molecule has 0 spiro atoms. The third kappa shape index (κ3) is 1.65. The van der Waals surface area contributed by atoms with Crippen molar-refractivity contribution in [2.75, 3.05) is 0 Å². The SMILES string of the molecule is O=C(O)C(O)c1cccc2c1OC(F)(F)O2. The third-order valence-electron chi connectivity index (χ3n) is 1.99. The first kappa shape index (κ1) is 10.6. The van der Waals surface area contributed by atoms with E-state index >= 15 is 0 Å². The van der Waals surface area contributed by atoms with Crippen LogP contribution >= 0.6 is 0 Å². The van der Waals surface area contributed by atoms with Gasteiger partial charge in [0.15, 0.2) is 17.6 Å². The van der Waals surface area contributed by atoms with E-state index in [0.29, 0.717) is 0 Å². The summed E-state index contributed by atoms with van der Waals surface area (Å²) in [5.41, 5.74) is -0.276. The summed E-state index contributed by atoms with van der Waals surface area (Å²) in [5, 5.41) is 17.8. The molecule has 0 saturated heterocycles. The maximum atomic E-state index is 12.7. The fourth-order valence-corrected chi connectivity index (χ4v) is 1.34. The van der Waals surface area contributed by atoms with Crippen molar-refractivity contribution >= 4 is 5.97 Å². The van der Waals surface area contributed by atoms with Gasteiger partial charge in [-0.05, 0) is 6.07 Å². The molecule has 0 aromatic heterocycles. The molecule has 0 bridgehead atoms. The van der Waals surface area contributed by atoms with Gasteiger partial charge in [-0.15, -0.1) is 8.78 Å². The number of aliphatic hydroxyl groups is 1. The Morgan fingerprint density at radius 3 is 2.69 bits per heavy atom. The van der Waals surface area contributed by atoms with Crippen LogP contribution in [-0.4, -0.2) is 22.5 Å². The smallest absolute Gasteiger partial charge is 0.479 e. The molecule has 0 aliphatic carbocycles. The maximum Gasteiger partial charge on any atom is 0.586 e. The number of aliphatic carboxylic acids is 1. The zero-order valence-corrected chi connectivity index (χ0v) is 7.68. The van der Waals surface area contributed by atoms with Gasteiger partial charge in [-0.25, -0.2) is 4.79 Å². The first-order valence-corrected chi connectivity index (χ1v) is 4.20. The van der Waals surface area contributed by atoms with Crippen molar-refractivity contribution in [3.63, 3.8) is 0 Å². The van der Waals surface area contributed by atoms with Crippen LogP contribution in [0.3, 0.4) is 0 Å². The van der Waals surface area contributed by atoms with Gasteiger partial charge in [0.05, 0.1) is 0 Å². The van der Waals surface area contributed by atoms with Gasteiger partial charge in [-0.3, -0.25) is 0 Å². The van der Waals surface area contributed by atoms with Crippen molar-refractivity contribution in [3.8, 4) is 11.5 Å². The second kappa shape index (κ2) is 3.31. The number of alkyl halides is 2. The summed E-state index contributed by atoms with van der Waals surface area (Å²) in [7, 11) is 0. The molecule has 1 aliphatic rings. The molecule has 86 valence electrons. The maximum absolute atomic E-state index is 12.7.